The van der Waals surface area contributed by atoms with Gasteiger partial charge in [-0.25, -0.2) is 0 Å². The van der Waals surface area contributed by atoms with Crippen molar-refractivity contribution in [3.8, 4) is 5.75 Å². The van der Waals surface area contributed by atoms with E-state index < -0.39 is 5.97 Å². The average Bonchev–Trinajstić information content (AvgIpc) is 2.93. The van der Waals surface area contributed by atoms with Gasteiger partial charge in [0.15, 0.2) is 0 Å². The van der Waals surface area contributed by atoms with Crippen LogP contribution in [0.2, 0.25) is 5.02 Å². The second kappa shape index (κ2) is 4.69. The molecule has 3 unspecified atom stereocenters. The average molecular weight is 282 g/mol. The summed E-state index contributed by atoms with van der Waals surface area (Å²) in [4.78, 5) is 11.0. The number of aliphatic carboxylic acids is 1. The molecular weight excluding hydrogens is 266 g/mol. The number of hydrogen-bond acceptors (Lipinski definition) is 3. The van der Waals surface area contributed by atoms with Crippen LogP contribution in [-0.4, -0.2) is 23.7 Å². The fraction of sp³-hybridized carbons (Fsp3) is 0.500. The number of benzene rings is 1. The minimum Gasteiger partial charge on any atom is -0.490 e. The molecule has 1 aromatic carbocycles. The summed E-state index contributed by atoms with van der Waals surface area (Å²) in [6, 6.07) is 3.84. The summed E-state index contributed by atoms with van der Waals surface area (Å²) in [6.07, 6.45) is 1.60. The zero-order valence-corrected chi connectivity index (χ0v) is 11.4. The Bertz CT molecular complexity index is 532. The van der Waals surface area contributed by atoms with Crippen LogP contribution in [0.3, 0.4) is 0 Å². The predicted molar refractivity (Wildman–Crippen MR) is 71.7 cm³/mol. The highest BCUT2D eigenvalue weighted by molar-refractivity contribution is 6.30. The van der Waals surface area contributed by atoms with Crippen molar-refractivity contribution < 1.29 is 14.6 Å². The molecule has 0 bridgehead atoms. The molecule has 0 aliphatic carbocycles. The summed E-state index contributed by atoms with van der Waals surface area (Å²) in [7, 11) is 0. The van der Waals surface area contributed by atoms with E-state index in [9.17, 15) is 4.79 Å². The normalized spacial score (nSPS) is 29.1. The fourth-order valence-corrected chi connectivity index (χ4v) is 3.19. The molecule has 19 heavy (non-hydrogen) atoms. The molecule has 1 fully saturated rings. The quantitative estimate of drug-likeness (QED) is 0.874. The smallest absolute Gasteiger partial charge is 0.307 e. The molecule has 1 aromatic rings. The molecule has 3 rings (SSSR count). The molecule has 1 saturated heterocycles. The van der Waals surface area contributed by atoms with Gasteiger partial charge >= 0.3 is 5.97 Å². The number of rotatable bonds is 2. The summed E-state index contributed by atoms with van der Waals surface area (Å²) in [5.74, 6) is -0.193. The number of nitrogens with one attached hydrogen (secondary N) is 1. The summed E-state index contributed by atoms with van der Waals surface area (Å²) < 4.78 is 5.85. The second-order valence-electron chi connectivity index (χ2n) is 5.35. The van der Waals surface area contributed by atoms with Gasteiger partial charge in [0.2, 0.25) is 0 Å². The minimum atomic E-state index is -0.747. The van der Waals surface area contributed by atoms with Gasteiger partial charge in [0.05, 0.1) is 5.92 Å². The highest BCUT2D eigenvalue weighted by Gasteiger charge is 2.34. The standard InChI is InChI=1S/C14H16ClNO3/c1-7-2-8-3-10(15)5-11(13(8)19-7)12-4-9(6-16-12)14(17)18/h3,5,7,9,12,16H,2,4,6H2,1H3,(H,17,18). The molecule has 2 aliphatic heterocycles. The molecule has 5 heteroatoms. The third-order valence-electron chi connectivity index (χ3n) is 3.84. The van der Waals surface area contributed by atoms with E-state index in [2.05, 4.69) is 5.32 Å². The lowest BCUT2D eigenvalue weighted by molar-refractivity contribution is -0.141. The van der Waals surface area contributed by atoms with Gasteiger partial charge in [-0.05, 0) is 31.0 Å². The highest BCUT2D eigenvalue weighted by Crippen LogP contribution is 2.41. The molecule has 0 spiro atoms. The third kappa shape index (κ3) is 2.30. The van der Waals surface area contributed by atoms with E-state index in [0.29, 0.717) is 18.0 Å². The Kier molecular flexibility index (Phi) is 3.15. The SMILES string of the molecule is CC1Cc2cc(Cl)cc(C3CC(C(=O)O)CN3)c2O1. The second-order valence-corrected chi connectivity index (χ2v) is 5.78. The lowest BCUT2D eigenvalue weighted by Gasteiger charge is -2.16. The van der Waals surface area contributed by atoms with Gasteiger partial charge in [0, 0.05) is 29.6 Å². The van der Waals surface area contributed by atoms with E-state index in [-0.39, 0.29) is 18.1 Å². The first kappa shape index (κ1) is 12.8. The first-order chi connectivity index (χ1) is 9.04. The molecule has 3 atom stereocenters. The Morgan fingerprint density at radius 2 is 2.32 bits per heavy atom. The monoisotopic (exact) mass is 281 g/mol. The summed E-state index contributed by atoms with van der Waals surface area (Å²) in [6.45, 7) is 2.52. The number of carbonyl (C=O) groups is 1. The van der Waals surface area contributed by atoms with Crippen molar-refractivity contribution in [1.82, 2.24) is 5.32 Å². The van der Waals surface area contributed by atoms with Crippen molar-refractivity contribution in [2.24, 2.45) is 5.92 Å². The van der Waals surface area contributed by atoms with Crippen LogP contribution in [0.5, 0.6) is 5.75 Å². The summed E-state index contributed by atoms with van der Waals surface area (Å²) in [5.41, 5.74) is 2.12. The van der Waals surface area contributed by atoms with E-state index in [1.54, 1.807) is 0 Å². The van der Waals surface area contributed by atoms with E-state index >= 15 is 0 Å². The largest absolute Gasteiger partial charge is 0.490 e. The topological polar surface area (TPSA) is 58.6 Å². The first-order valence-corrected chi connectivity index (χ1v) is 6.87. The maximum atomic E-state index is 11.0. The van der Waals surface area contributed by atoms with E-state index in [1.165, 1.54) is 0 Å². The number of carboxylic acid groups (broad SMARTS) is 1. The Labute approximate surface area is 116 Å². The highest BCUT2D eigenvalue weighted by atomic mass is 35.5. The number of halogens is 1. The van der Waals surface area contributed by atoms with Crippen LogP contribution in [0.25, 0.3) is 0 Å². The van der Waals surface area contributed by atoms with Gasteiger partial charge < -0.3 is 15.2 Å². The maximum Gasteiger partial charge on any atom is 0.307 e. The zero-order valence-electron chi connectivity index (χ0n) is 10.6. The lowest BCUT2D eigenvalue weighted by atomic mass is 9.97. The van der Waals surface area contributed by atoms with Crippen LogP contribution in [0, 0.1) is 5.92 Å². The van der Waals surface area contributed by atoms with Crippen molar-refractivity contribution in [1.29, 1.82) is 0 Å². The van der Waals surface area contributed by atoms with Gasteiger partial charge in [-0.15, -0.1) is 0 Å². The molecule has 2 aliphatic rings. The van der Waals surface area contributed by atoms with E-state index in [1.807, 2.05) is 19.1 Å². The summed E-state index contributed by atoms with van der Waals surface area (Å²) in [5, 5.41) is 13.0. The molecule has 2 N–H and O–H groups in total. The third-order valence-corrected chi connectivity index (χ3v) is 4.06. The minimum absolute atomic E-state index is 0.0128. The van der Waals surface area contributed by atoms with Gasteiger partial charge in [-0.3, -0.25) is 4.79 Å². The van der Waals surface area contributed by atoms with Crippen LogP contribution < -0.4 is 10.1 Å². The molecule has 0 aromatic heterocycles. The predicted octanol–water partition coefficient (Wildman–Crippen LogP) is 2.40. The van der Waals surface area contributed by atoms with E-state index in [4.69, 9.17) is 21.4 Å². The molecule has 2 heterocycles. The fourth-order valence-electron chi connectivity index (χ4n) is 2.94. The Morgan fingerprint density at radius 1 is 1.53 bits per heavy atom. The maximum absolute atomic E-state index is 11.0. The van der Waals surface area contributed by atoms with Gasteiger partial charge in [-0.1, -0.05) is 11.6 Å². The van der Waals surface area contributed by atoms with E-state index in [0.717, 1.165) is 23.3 Å². The first-order valence-electron chi connectivity index (χ1n) is 6.49. The lowest BCUT2D eigenvalue weighted by Crippen LogP contribution is -2.17. The number of fused-ring (bicyclic) bond motifs is 1. The van der Waals surface area contributed by atoms with Gasteiger partial charge in [-0.2, -0.15) is 0 Å². The van der Waals surface area contributed by atoms with Crippen LogP contribution in [0.1, 0.15) is 30.5 Å². The van der Waals surface area contributed by atoms with Crippen LogP contribution >= 0.6 is 11.6 Å². The molecule has 4 nitrogen and oxygen atoms in total. The Hall–Kier alpha value is -1.26. The molecule has 0 amide bonds. The number of hydrogen-bond donors (Lipinski definition) is 2. The van der Waals surface area contributed by atoms with Crippen molar-refractivity contribution in [2.75, 3.05) is 6.54 Å². The number of carboxylic acids is 1. The Morgan fingerprint density at radius 3 is 3.00 bits per heavy atom. The zero-order chi connectivity index (χ0) is 13.6. The van der Waals surface area contributed by atoms with Crippen LogP contribution in [0.15, 0.2) is 12.1 Å². The molecule has 102 valence electrons. The van der Waals surface area contributed by atoms with Crippen molar-refractivity contribution in [3.63, 3.8) is 0 Å². The van der Waals surface area contributed by atoms with Gasteiger partial charge in [0.1, 0.15) is 11.9 Å². The number of ether oxygens (including phenoxy) is 1. The van der Waals surface area contributed by atoms with Crippen molar-refractivity contribution in [2.45, 2.75) is 31.9 Å². The van der Waals surface area contributed by atoms with Crippen LogP contribution in [0.4, 0.5) is 0 Å². The molecule has 0 saturated carbocycles. The van der Waals surface area contributed by atoms with Crippen LogP contribution in [-0.2, 0) is 11.2 Å². The van der Waals surface area contributed by atoms with Crippen molar-refractivity contribution in [3.05, 3.63) is 28.3 Å². The molecular formula is C14H16ClNO3. The summed E-state index contributed by atoms with van der Waals surface area (Å²) >= 11 is 6.15. The van der Waals surface area contributed by atoms with Crippen molar-refractivity contribution >= 4 is 17.6 Å². The van der Waals surface area contributed by atoms with Gasteiger partial charge in [0.25, 0.3) is 0 Å². The Balaban J connectivity index is 1.92. The molecule has 0 radical (unpaired) electrons.